The number of aromatic nitrogens is 6. The van der Waals surface area contributed by atoms with Crippen LogP contribution >= 0.6 is 0 Å². The van der Waals surface area contributed by atoms with Gasteiger partial charge in [-0.1, -0.05) is 233 Å². The van der Waals surface area contributed by atoms with Crippen LogP contribution in [0.15, 0.2) is 255 Å². The van der Waals surface area contributed by atoms with Crippen LogP contribution in [0.4, 0.5) is 0 Å². The maximum absolute atomic E-state index is 11.6. The van der Waals surface area contributed by atoms with Gasteiger partial charge in [-0.25, -0.2) is 29.9 Å². The highest BCUT2D eigenvalue weighted by Gasteiger charge is 2.32. The monoisotopic (exact) mass is 1260 g/mol. The normalized spacial score (nSPS) is 11.9. The Morgan fingerprint density at radius 1 is 0.359 bits per heavy atom. The highest BCUT2D eigenvalue weighted by atomic mass is 28.4. The Hall–Kier alpha value is -10.0. The van der Waals surface area contributed by atoms with Crippen LogP contribution in [-0.2, 0) is 8.23 Å². The fraction of sp³-hybridized carbons (Fsp3) is 0.143. The number of hydrogen-bond donors (Lipinski definition) is 2. The second kappa shape index (κ2) is 28.9. The molecule has 0 aliphatic heterocycles. The summed E-state index contributed by atoms with van der Waals surface area (Å²) < 4.78 is 25.9. The molecule has 10 aromatic carbocycles. The Morgan fingerprint density at radius 2 is 0.652 bits per heavy atom. The van der Waals surface area contributed by atoms with Crippen molar-refractivity contribution in [1.29, 1.82) is 0 Å². The van der Waals surface area contributed by atoms with Gasteiger partial charge in [-0.05, 0) is 107 Å². The number of phenolic OH excluding ortho intramolecular Hbond substituents is 2. The fourth-order valence-corrected chi connectivity index (χ4v) is 17.0. The molecule has 2 N–H and O–H groups in total. The van der Waals surface area contributed by atoms with E-state index in [-0.39, 0.29) is 24.5 Å². The summed E-state index contributed by atoms with van der Waals surface area (Å²) in [5.41, 5.74) is 13.2. The van der Waals surface area contributed by atoms with Crippen molar-refractivity contribution >= 4 is 26.6 Å². The van der Waals surface area contributed by atoms with Gasteiger partial charge in [0.15, 0.2) is 51.6 Å². The largest absolute Gasteiger partial charge is 0.507 e. The van der Waals surface area contributed by atoms with Gasteiger partial charge in [0.25, 0.3) is 10.0 Å². The van der Waals surface area contributed by atoms with E-state index >= 15 is 0 Å². The third-order valence-corrected chi connectivity index (χ3v) is 27.6. The minimum Gasteiger partial charge on any atom is -0.507 e. The van der Waals surface area contributed by atoms with Crippen LogP contribution in [0, 0.1) is 0 Å². The lowest BCUT2D eigenvalue weighted by Gasteiger charge is -2.32. The number of benzene rings is 10. The Bertz CT molecular complexity index is 4200. The molecule has 0 fully saturated rings. The van der Waals surface area contributed by atoms with Crippen LogP contribution in [-0.4, -0.2) is 80.0 Å². The Morgan fingerprint density at radius 3 is 0.978 bits per heavy atom. The number of nitrogens with zero attached hydrogens (tertiary/aromatic N) is 6. The number of aromatic hydroxyl groups is 2. The lowest BCUT2D eigenvalue weighted by atomic mass is 10.0. The van der Waals surface area contributed by atoms with Gasteiger partial charge in [0.2, 0.25) is 0 Å². The van der Waals surface area contributed by atoms with E-state index in [1.807, 2.05) is 133 Å². The SMILES string of the molecule is C.CC(COc1ccc(-c2nc(-c3ccc(-c4ccccc4)cc3)nc(-c3ccc(-c4ccccc4)cc3)n2)c(O)c1)[Si](C)(C)O[SiH2]O[Si](C)(C)CCCOc1ccc(-c2nc(-c3ccc(-c4ccccc4)cc3)nc(-c3ccc(-c4ccccc4)cc3)n2)c(O)c1. The smallest absolute Gasteiger partial charge is 0.283 e. The Kier molecular flexibility index (Phi) is 19.9. The lowest BCUT2D eigenvalue weighted by molar-refractivity contribution is 0.302. The zero-order chi connectivity index (χ0) is 62.7. The van der Waals surface area contributed by atoms with Crippen LogP contribution in [0.3, 0.4) is 0 Å². The van der Waals surface area contributed by atoms with E-state index in [1.54, 1.807) is 24.3 Å². The molecule has 0 aliphatic rings. The third-order valence-electron chi connectivity index (χ3n) is 16.5. The molecular formula is C77H74N6O6Si3. The molecule has 0 saturated carbocycles. The summed E-state index contributed by atoms with van der Waals surface area (Å²) in [6.45, 7) is 11.9. The van der Waals surface area contributed by atoms with Crippen molar-refractivity contribution in [1.82, 2.24) is 29.9 Å². The van der Waals surface area contributed by atoms with Gasteiger partial charge >= 0.3 is 0 Å². The fourth-order valence-electron chi connectivity index (χ4n) is 10.5. The molecule has 0 aliphatic carbocycles. The predicted octanol–water partition coefficient (Wildman–Crippen LogP) is 18.5. The van der Waals surface area contributed by atoms with E-state index in [1.165, 1.54) is 0 Å². The molecular weight excluding hydrogens is 1190 g/mol. The molecule has 2 aromatic heterocycles. The van der Waals surface area contributed by atoms with Crippen molar-refractivity contribution in [2.24, 2.45) is 0 Å². The number of rotatable bonds is 23. The summed E-state index contributed by atoms with van der Waals surface area (Å²) >= 11 is 0. The van der Waals surface area contributed by atoms with E-state index in [9.17, 15) is 10.2 Å². The minimum atomic E-state index is -2.26. The zero-order valence-corrected chi connectivity index (χ0v) is 55.0. The summed E-state index contributed by atoms with van der Waals surface area (Å²) in [7, 11) is -5.67. The molecule has 15 heteroatoms. The van der Waals surface area contributed by atoms with E-state index in [0.717, 1.165) is 79.2 Å². The Labute approximate surface area is 543 Å². The van der Waals surface area contributed by atoms with Crippen molar-refractivity contribution in [2.75, 3.05) is 13.2 Å². The topological polar surface area (TPSA) is 155 Å². The molecule has 0 amide bonds. The van der Waals surface area contributed by atoms with Gasteiger partial charge in [0, 0.05) is 39.9 Å². The highest BCUT2D eigenvalue weighted by Crippen LogP contribution is 2.37. The molecule has 1 unspecified atom stereocenters. The molecule has 0 spiro atoms. The number of ether oxygens (including phenoxy) is 2. The second-order valence-corrected chi connectivity index (χ2v) is 34.4. The Balaban J connectivity index is 0.00000867. The summed E-state index contributed by atoms with van der Waals surface area (Å²) in [6, 6.07) is 85.1. The number of hydrogen-bond acceptors (Lipinski definition) is 12. The van der Waals surface area contributed by atoms with Crippen LogP contribution in [0.25, 0.3) is 113 Å². The molecule has 12 rings (SSSR count). The van der Waals surface area contributed by atoms with Crippen molar-refractivity contribution in [3.63, 3.8) is 0 Å². The van der Waals surface area contributed by atoms with Gasteiger partial charge in [-0.2, -0.15) is 0 Å². The number of phenols is 2. The van der Waals surface area contributed by atoms with Gasteiger partial charge in [-0.15, -0.1) is 0 Å². The van der Waals surface area contributed by atoms with E-state index in [4.69, 9.17) is 47.6 Å². The first-order valence-electron chi connectivity index (χ1n) is 30.6. The maximum Gasteiger partial charge on any atom is 0.283 e. The molecule has 2 heterocycles. The summed E-state index contributed by atoms with van der Waals surface area (Å²) in [4.78, 5) is 29.6. The molecule has 12 aromatic rings. The van der Waals surface area contributed by atoms with Crippen LogP contribution in [0.1, 0.15) is 20.8 Å². The first-order chi connectivity index (χ1) is 44.3. The van der Waals surface area contributed by atoms with Gasteiger partial charge in [-0.3, -0.25) is 0 Å². The van der Waals surface area contributed by atoms with E-state index in [0.29, 0.717) is 70.8 Å². The molecule has 0 radical (unpaired) electrons. The predicted molar refractivity (Wildman–Crippen MR) is 380 cm³/mol. The first kappa shape index (κ1) is 63.6. The van der Waals surface area contributed by atoms with Crippen LogP contribution in [0.5, 0.6) is 23.0 Å². The van der Waals surface area contributed by atoms with Gasteiger partial charge in [0.1, 0.15) is 23.0 Å². The van der Waals surface area contributed by atoms with Gasteiger partial charge in [0.05, 0.1) is 24.3 Å². The van der Waals surface area contributed by atoms with Crippen molar-refractivity contribution in [2.45, 2.75) is 58.5 Å². The van der Waals surface area contributed by atoms with E-state index in [2.05, 4.69) is 130 Å². The quantitative estimate of drug-likeness (QED) is 0.0463. The minimum absolute atomic E-state index is 0. The van der Waals surface area contributed by atoms with Crippen LogP contribution < -0.4 is 9.47 Å². The first-order valence-corrected chi connectivity index (χ1v) is 37.9. The molecule has 1 atom stereocenters. The highest BCUT2D eigenvalue weighted by molar-refractivity contribution is 6.79. The van der Waals surface area contributed by atoms with Crippen molar-refractivity contribution in [3.05, 3.63) is 255 Å². The standard InChI is InChI=1S/C76H70N6O6Si3.CH4/c1-52(51-86-66-44-46-68(70(84)50-66)76-81-73(63-39-31-59(32-40-63)55-23-14-8-15-24-55)78-74(82-76)64-41-33-60(34-42-64)56-25-16-9-17-26-56)91(4,5)88-89-87-90(2,3)48-18-47-85-65-43-45-67(69(83)49-65)75-79-71(61-35-27-57(28-36-61)53-19-10-6-11-20-53)77-72(80-75)62-37-29-58(30-38-62)54-21-12-7-13-22-54;/h6-17,19-46,49-50,52,83-84H,18,47-48,51,89H2,1-5H3;1H4. The third kappa shape index (κ3) is 15.6. The van der Waals surface area contributed by atoms with Crippen molar-refractivity contribution < 1.29 is 27.9 Å². The molecule has 0 bridgehead atoms. The summed E-state index contributed by atoms with van der Waals surface area (Å²) in [5.74, 6) is 3.76. The lowest BCUT2D eigenvalue weighted by Crippen LogP contribution is -2.42. The zero-order valence-electron chi connectivity index (χ0n) is 51.6. The molecule has 12 nitrogen and oxygen atoms in total. The van der Waals surface area contributed by atoms with Crippen molar-refractivity contribution in [3.8, 4) is 136 Å². The average molecular weight is 1260 g/mol. The summed E-state index contributed by atoms with van der Waals surface area (Å²) in [6.07, 6.45) is 0.778. The maximum atomic E-state index is 11.6. The van der Waals surface area contributed by atoms with Gasteiger partial charge < -0.3 is 27.9 Å². The van der Waals surface area contributed by atoms with E-state index < -0.39 is 26.6 Å². The molecule has 0 saturated heterocycles. The summed E-state index contributed by atoms with van der Waals surface area (Å²) in [5, 5.41) is 23.2. The average Bonchev–Trinajstić information content (AvgIpc) is 0.835. The molecule has 460 valence electrons. The molecule has 92 heavy (non-hydrogen) atoms. The van der Waals surface area contributed by atoms with Crippen LogP contribution in [0.2, 0.25) is 37.8 Å². The second-order valence-electron chi connectivity index (χ2n) is 23.7.